The summed E-state index contributed by atoms with van der Waals surface area (Å²) < 4.78 is 0. The van der Waals surface area contributed by atoms with Crippen LogP contribution in [-0.2, 0) is 0 Å². The van der Waals surface area contributed by atoms with Gasteiger partial charge >= 0.3 is 0 Å². The molecule has 0 spiro atoms. The third-order valence-electron chi connectivity index (χ3n) is 4.95. The average Bonchev–Trinajstić information content (AvgIpc) is 2.64. The van der Waals surface area contributed by atoms with E-state index in [0.29, 0.717) is 17.9 Å². The van der Waals surface area contributed by atoms with Gasteiger partial charge in [-0.1, -0.05) is 18.5 Å². The SMILES string of the molecule is CC1(CN)CCN(c2cnc(C(=N)c3ccnc(O)c3Cl)c(N)n2)CC1. The van der Waals surface area contributed by atoms with Crippen LogP contribution in [0.15, 0.2) is 18.5 Å². The van der Waals surface area contributed by atoms with Crippen molar-refractivity contribution in [1.82, 2.24) is 15.0 Å². The maximum Gasteiger partial charge on any atom is 0.230 e. The summed E-state index contributed by atoms with van der Waals surface area (Å²) in [6.07, 6.45) is 4.94. The number of pyridine rings is 1. The van der Waals surface area contributed by atoms with Crippen LogP contribution in [0.25, 0.3) is 0 Å². The zero-order valence-corrected chi connectivity index (χ0v) is 15.3. The lowest BCUT2D eigenvalue weighted by molar-refractivity contribution is 0.258. The van der Waals surface area contributed by atoms with Gasteiger partial charge in [-0.3, -0.25) is 5.41 Å². The Morgan fingerprint density at radius 3 is 2.69 bits per heavy atom. The highest BCUT2D eigenvalue weighted by Gasteiger charge is 2.29. The Morgan fingerprint density at radius 2 is 2.08 bits per heavy atom. The lowest BCUT2D eigenvalue weighted by atomic mass is 9.80. The van der Waals surface area contributed by atoms with Crippen LogP contribution in [-0.4, -0.2) is 45.4 Å². The number of piperidine rings is 1. The van der Waals surface area contributed by atoms with Crippen molar-refractivity contribution in [2.24, 2.45) is 11.1 Å². The van der Waals surface area contributed by atoms with Crippen molar-refractivity contribution >= 4 is 28.9 Å². The fourth-order valence-corrected chi connectivity index (χ4v) is 3.18. The second-order valence-corrected chi connectivity index (χ2v) is 7.21. The number of nitrogen functional groups attached to an aromatic ring is 1. The summed E-state index contributed by atoms with van der Waals surface area (Å²) in [5.41, 5.74) is 12.6. The first-order valence-corrected chi connectivity index (χ1v) is 8.73. The molecule has 9 heteroatoms. The maximum atomic E-state index is 9.62. The second kappa shape index (κ2) is 7.05. The van der Waals surface area contributed by atoms with Crippen molar-refractivity contribution in [3.8, 4) is 5.88 Å². The minimum atomic E-state index is -0.340. The zero-order valence-electron chi connectivity index (χ0n) is 14.5. The number of hydrogen-bond donors (Lipinski definition) is 4. The molecule has 0 amide bonds. The predicted octanol–water partition coefficient (Wildman–Crippen LogP) is 1.79. The number of hydrogen-bond acceptors (Lipinski definition) is 8. The number of nitrogens with zero attached hydrogens (tertiary/aromatic N) is 4. The van der Waals surface area contributed by atoms with Crippen LogP contribution in [0, 0.1) is 10.8 Å². The molecule has 0 atom stereocenters. The van der Waals surface area contributed by atoms with E-state index in [1.165, 1.54) is 12.3 Å². The summed E-state index contributed by atoms with van der Waals surface area (Å²) in [6, 6.07) is 1.53. The van der Waals surface area contributed by atoms with Gasteiger partial charge in [-0.2, -0.15) is 0 Å². The van der Waals surface area contributed by atoms with Gasteiger partial charge in [0.05, 0.1) is 11.9 Å². The molecule has 8 nitrogen and oxygen atoms in total. The monoisotopic (exact) mass is 375 g/mol. The molecule has 0 bridgehead atoms. The number of anilines is 2. The van der Waals surface area contributed by atoms with E-state index in [2.05, 4.69) is 26.8 Å². The normalized spacial score (nSPS) is 16.5. The molecule has 6 N–H and O–H groups in total. The number of nitrogens with two attached hydrogens (primary N) is 2. The lowest BCUT2D eigenvalue weighted by Gasteiger charge is -2.39. The van der Waals surface area contributed by atoms with Crippen LogP contribution in [0.3, 0.4) is 0 Å². The van der Waals surface area contributed by atoms with E-state index in [0.717, 1.165) is 25.9 Å². The number of halogens is 1. The Labute approximate surface area is 156 Å². The van der Waals surface area contributed by atoms with E-state index in [-0.39, 0.29) is 33.5 Å². The molecule has 0 aliphatic carbocycles. The average molecular weight is 376 g/mol. The molecule has 0 aromatic carbocycles. The molecule has 0 saturated carbocycles. The molecule has 26 heavy (non-hydrogen) atoms. The number of aromatic hydroxyl groups is 1. The van der Waals surface area contributed by atoms with E-state index < -0.39 is 0 Å². The van der Waals surface area contributed by atoms with Crippen molar-refractivity contribution < 1.29 is 5.11 Å². The first kappa shape index (κ1) is 18.3. The summed E-state index contributed by atoms with van der Waals surface area (Å²) >= 11 is 6.02. The van der Waals surface area contributed by atoms with E-state index in [4.69, 9.17) is 28.5 Å². The van der Waals surface area contributed by atoms with Crippen molar-refractivity contribution in [1.29, 1.82) is 5.41 Å². The van der Waals surface area contributed by atoms with Gasteiger partial charge < -0.3 is 21.5 Å². The molecule has 2 aromatic rings. The van der Waals surface area contributed by atoms with Crippen LogP contribution < -0.4 is 16.4 Å². The Kier molecular flexibility index (Phi) is 4.97. The van der Waals surface area contributed by atoms with Gasteiger partial charge in [0.15, 0.2) is 5.82 Å². The standard InChI is InChI=1S/C17H22ClN7O/c1-17(9-19)3-6-25(7-4-17)11-8-23-14(15(21)24-11)13(20)10-2-5-22-16(26)12(10)18/h2,5,8,20H,3-4,6-7,9,19H2,1H3,(H2,21,24)(H,22,26). The summed E-state index contributed by atoms with van der Waals surface area (Å²) in [7, 11) is 0. The Bertz CT molecular complexity index is 834. The van der Waals surface area contributed by atoms with Crippen LogP contribution in [0.2, 0.25) is 5.02 Å². The molecular formula is C17H22ClN7O. The molecule has 3 heterocycles. The summed E-state index contributed by atoms with van der Waals surface area (Å²) in [5.74, 6) is 0.488. The van der Waals surface area contributed by atoms with Crippen LogP contribution in [0.5, 0.6) is 5.88 Å². The number of nitrogens with one attached hydrogen (secondary N) is 1. The largest absolute Gasteiger partial charge is 0.492 e. The molecule has 138 valence electrons. The maximum absolute atomic E-state index is 9.62. The fourth-order valence-electron chi connectivity index (χ4n) is 2.97. The minimum absolute atomic E-state index is 0.0140. The van der Waals surface area contributed by atoms with Gasteiger partial charge in [-0.05, 0) is 30.9 Å². The lowest BCUT2D eigenvalue weighted by Crippen LogP contribution is -2.42. The first-order valence-electron chi connectivity index (χ1n) is 8.35. The summed E-state index contributed by atoms with van der Waals surface area (Å²) in [6.45, 7) is 4.54. The molecule has 1 fully saturated rings. The van der Waals surface area contributed by atoms with Gasteiger partial charge in [0, 0.05) is 24.8 Å². The smallest absolute Gasteiger partial charge is 0.230 e. The second-order valence-electron chi connectivity index (χ2n) is 6.83. The summed E-state index contributed by atoms with van der Waals surface area (Å²) in [4.78, 5) is 14.5. The van der Waals surface area contributed by atoms with Crippen molar-refractivity contribution in [2.45, 2.75) is 19.8 Å². The van der Waals surface area contributed by atoms with Crippen LogP contribution in [0.4, 0.5) is 11.6 Å². The minimum Gasteiger partial charge on any atom is -0.492 e. The van der Waals surface area contributed by atoms with Gasteiger partial charge in [0.2, 0.25) is 5.88 Å². The quantitative estimate of drug-likeness (QED) is 0.597. The first-order chi connectivity index (χ1) is 12.3. The molecule has 2 aromatic heterocycles. The van der Waals surface area contributed by atoms with Gasteiger partial charge in [0.25, 0.3) is 0 Å². The molecule has 3 rings (SSSR count). The fraction of sp³-hybridized carbons (Fsp3) is 0.412. The van der Waals surface area contributed by atoms with Crippen LogP contribution >= 0.6 is 11.6 Å². The van der Waals surface area contributed by atoms with Gasteiger partial charge in [-0.15, -0.1) is 0 Å². The van der Waals surface area contributed by atoms with Crippen molar-refractivity contribution in [2.75, 3.05) is 30.3 Å². The number of rotatable bonds is 4. The molecule has 1 saturated heterocycles. The van der Waals surface area contributed by atoms with Gasteiger partial charge in [-0.25, -0.2) is 15.0 Å². The highest BCUT2D eigenvalue weighted by Crippen LogP contribution is 2.32. The van der Waals surface area contributed by atoms with E-state index >= 15 is 0 Å². The number of aromatic nitrogens is 3. The molecule has 1 aliphatic rings. The van der Waals surface area contributed by atoms with E-state index in [9.17, 15) is 5.11 Å². The third kappa shape index (κ3) is 3.42. The van der Waals surface area contributed by atoms with Crippen molar-refractivity contribution in [3.63, 3.8) is 0 Å². The summed E-state index contributed by atoms with van der Waals surface area (Å²) in [5, 5.41) is 17.9. The van der Waals surface area contributed by atoms with E-state index in [1.54, 1.807) is 6.20 Å². The molecule has 0 unspecified atom stereocenters. The highest BCUT2D eigenvalue weighted by atomic mass is 35.5. The highest BCUT2D eigenvalue weighted by molar-refractivity contribution is 6.36. The molecular weight excluding hydrogens is 354 g/mol. The Hall–Kier alpha value is -2.45. The predicted molar refractivity (Wildman–Crippen MR) is 102 cm³/mol. The molecule has 0 radical (unpaired) electrons. The zero-order chi connectivity index (χ0) is 18.9. The van der Waals surface area contributed by atoms with Crippen molar-refractivity contribution in [3.05, 3.63) is 34.7 Å². The molecule has 1 aliphatic heterocycles. The van der Waals surface area contributed by atoms with Crippen LogP contribution in [0.1, 0.15) is 31.0 Å². The topological polar surface area (TPSA) is 138 Å². The Balaban J connectivity index is 1.82. The van der Waals surface area contributed by atoms with Gasteiger partial charge in [0.1, 0.15) is 16.5 Å². The third-order valence-corrected chi connectivity index (χ3v) is 5.32. The Morgan fingerprint density at radius 1 is 1.38 bits per heavy atom. The van der Waals surface area contributed by atoms with E-state index in [1.807, 2.05) is 0 Å².